The van der Waals surface area contributed by atoms with E-state index >= 15 is 0 Å². The van der Waals surface area contributed by atoms with Crippen molar-refractivity contribution in [2.75, 3.05) is 0 Å². The molecule has 0 fully saturated rings. The molecule has 17 heavy (non-hydrogen) atoms. The van der Waals surface area contributed by atoms with E-state index in [0.29, 0.717) is 5.17 Å². The van der Waals surface area contributed by atoms with Crippen molar-refractivity contribution >= 4 is 16.8 Å². The van der Waals surface area contributed by atoms with E-state index < -0.39 is 0 Å². The summed E-state index contributed by atoms with van der Waals surface area (Å²) in [6.07, 6.45) is 0. The Morgan fingerprint density at radius 3 is 2.06 bits per heavy atom. The van der Waals surface area contributed by atoms with Crippen molar-refractivity contribution in [3.05, 3.63) is 71.8 Å². The van der Waals surface area contributed by atoms with Gasteiger partial charge in [0.05, 0.1) is 6.04 Å². The maximum atomic E-state index is 6.20. The van der Waals surface area contributed by atoms with Crippen LogP contribution in [0.25, 0.3) is 0 Å². The first-order valence-electron chi connectivity index (χ1n) is 5.61. The lowest BCUT2D eigenvalue weighted by molar-refractivity contribution is 0.823. The summed E-state index contributed by atoms with van der Waals surface area (Å²) in [7, 11) is 0. The third kappa shape index (κ3) is 3.18. The van der Waals surface area contributed by atoms with Crippen LogP contribution in [0.1, 0.15) is 24.1 Å². The van der Waals surface area contributed by atoms with Gasteiger partial charge in [-0.15, -0.1) is 0 Å². The molecule has 1 atom stereocenters. The van der Waals surface area contributed by atoms with Gasteiger partial charge < -0.3 is 0 Å². The second-order valence-corrected chi connectivity index (χ2v) is 4.23. The highest BCUT2D eigenvalue weighted by Gasteiger charge is 2.05. The van der Waals surface area contributed by atoms with E-state index in [4.69, 9.17) is 11.6 Å². The molecule has 0 saturated carbocycles. The molecule has 2 aromatic carbocycles. The van der Waals surface area contributed by atoms with E-state index in [9.17, 15) is 0 Å². The molecule has 1 nitrogen and oxygen atoms in total. The van der Waals surface area contributed by atoms with Crippen molar-refractivity contribution < 1.29 is 0 Å². The molecular formula is C15H14ClN. The molecule has 0 aliphatic rings. The maximum absolute atomic E-state index is 6.20. The van der Waals surface area contributed by atoms with Crippen LogP contribution >= 0.6 is 11.6 Å². The van der Waals surface area contributed by atoms with Crippen LogP contribution in [-0.2, 0) is 0 Å². The molecule has 0 bridgehead atoms. The highest BCUT2D eigenvalue weighted by Crippen LogP contribution is 2.18. The van der Waals surface area contributed by atoms with Crippen molar-refractivity contribution in [1.29, 1.82) is 0 Å². The topological polar surface area (TPSA) is 12.4 Å². The van der Waals surface area contributed by atoms with E-state index in [-0.39, 0.29) is 6.04 Å². The highest BCUT2D eigenvalue weighted by molar-refractivity contribution is 6.69. The van der Waals surface area contributed by atoms with Gasteiger partial charge in [-0.25, -0.2) is 0 Å². The van der Waals surface area contributed by atoms with Crippen molar-refractivity contribution in [1.82, 2.24) is 0 Å². The number of aliphatic imine (C=N–C) groups is 1. The molecule has 0 aliphatic heterocycles. The van der Waals surface area contributed by atoms with E-state index in [2.05, 4.69) is 17.1 Å². The molecule has 2 rings (SSSR count). The summed E-state index contributed by atoms with van der Waals surface area (Å²) in [5.41, 5.74) is 2.12. The van der Waals surface area contributed by atoms with Crippen LogP contribution in [0.4, 0.5) is 0 Å². The van der Waals surface area contributed by atoms with Gasteiger partial charge in [0, 0.05) is 5.56 Å². The lowest BCUT2D eigenvalue weighted by Gasteiger charge is -2.07. The smallest absolute Gasteiger partial charge is 0.131 e. The van der Waals surface area contributed by atoms with Gasteiger partial charge in [0.2, 0.25) is 0 Å². The van der Waals surface area contributed by atoms with Gasteiger partial charge in [0.15, 0.2) is 0 Å². The Bertz CT molecular complexity index is 491. The van der Waals surface area contributed by atoms with Gasteiger partial charge in [-0.1, -0.05) is 72.3 Å². The molecule has 2 heteroatoms. The van der Waals surface area contributed by atoms with E-state index in [1.807, 2.05) is 55.5 Å². The molecule has 0 spiro atoms. The first-order chi connectivity index (χ1) is 8.27. The third-order valence-corrected chi connectivity index (χ3v) is 2.92. The van der Waals surface area contributed by atoms with Gasteiger partial charge in [0.1, 0.15) is 5.17 Å². The van der Waals surface area contributed by atoms with Crippen LogP contribution in [-0.4, -0.2) is 5.17 Å². The van der Waals surface area contributed by atoms with Gasteiger partial charge in [-0.3, -0.25) is 4.99 Å². The lowest BCUT2D eigenvalue weighted by Crippen LogP contribution is -1.96. The zero-order valence-corrected chi connectivity index (χ0v) is 10.4. The summed E-state index contributed by atoms with van der Waals surface area (Å²) in [5, 5.41) is 0.557. The fraction of sp³-hybridized carbons (Fsp3) is 0.133. The number of halogens is 1. The van der Waals surface area contributed by atoms with Crippen LogP contribution in [0.2, 0.25) is 0 Å². The summed E-state index contributed by atoms with van der Waals surface area (Å²) in [4.78, 5) is 4.50. The molecule has 0 aromatic heterocycles. The Balaban J connectivity index is 2.20. The van der Waals surface area contributed by atoms with Gasteiger partial charge >= 0.3 is 0 Å². The van der Waals surface area contributed by atoms with Crippen LogP contribution in [0.5, 0.6) is 0 Å². The van der Waals surface area contributed by atoms with E-state index in [1.165, 1.54) is 5.56 Å². The molecule has 0 N–H and O–H groups in total. The monoisotopic (exact) mass is 243 g/mol. The zero-order chi connectivity index (χ0) is 12.1. The molecule has 0 radical (unpaired) electrons. The van der Waals surface area contributed by atoms with E-state index in [0.717, 1.165) is 5.56 Å². The van der Waals surface area contributed by atoms with Crippen LogP contribution in [0, 0.1) is 0 Å². The average molecular weight is 244 g/mol. The standard InChI is InChI=1S/C15H14ClN/c1-12(13-8-4-2-5-9-13)17-15(16)14-10-6-3-7-11-14/h2-12H,1H3/t12-/m0/s1. The number of hydrogen-bond donors (Lipinski definition) is 0. The second-order valence-electron chi connectivity index (χ2n) is 3.87. The van der Waals surface area contributed by atoms with Crippen molar-refractivity contribution in [3.8, 4) is 0 Å². The van der Waals surface area contributed by atoms with Crippen LogP contribution < -0.4 is 0 Å². The number of rotatable bonds is 3. The molecule has 0 amide bonds. The second kappa shape index (κ2) is 5.65. The molecule has 0 aliphatic carbocycles. The number of benzene rings is 2. The summed E-state index contributed by atoms with van der Waals surface area (Å²) in [6.45, 7) is 2.04. The van der Waals surface area contributed by atoms with Gasteiger partial charge in [0.25, 0.3) is 0 Å². The largest absolute Gasteiger partial charge is 0.265 e. The van der Waals surface area contributed by atoms with Crippen LogP contribution in [0.15, 0.2) is 65.7 Å². The Morgan fingerprint density at radius 1 is 0.941 bits per heavy atom. The first-order valence-corrected chi connectivity index (χ1v) is 5.99. The zero-order valence-electron chi connectivity index (χ0n) is 9.68. The van der Waals surface area contributed by atoms with Gasteiger partial charge in [-0.2, -0.15) is 0 Å². The first kappa shape index (κ1) is 11.9. The Hall–Kier alpha value is -1.60. The number of nitrogens with zero attached hydrogens (tertiary/aromatic N) is 1. The SMILES string of the molecule is C[C@H](N=C(Cl)c1ccccc1)c1ccccc1. The molecule has 2 aromatic rings. The van der Waals surface area contributed by atoms with Gasteiger partial charge in [-0.05, 0) is 12.5 Å². The normalized spacial score (nSPS) is 13.4. The quantitative estimate of drug-likeness (QED) is 0.707. The minimum absolute atomic E-state index is 0.0731. The predicted molar refractivity (Wildman–Crippen MR) is 73.7 cm³/mol. The Kier molecular flexibility index (Phi) is 3.94. The molecular weight excluding hydrogens is 230 g/mol. The number of hydrogen-bond acceptors (Lipinski definition) is 1. The van der Waals surface area contributed by atoms with Crippen molar-refractivity contribution in [2.45, 2.75) is 13.0 Å². The molecule has 0 unspecified atom stereocenters. The Labute approximate surface area is 107 Å². The predicted octanol–water partition coefficient (Wildman–Crippen LogP) is 4.43. The Morgan fingerprint density at radius 2 is 1.47 bits per heavy atom. The molecule has 86 valence electrons. The van der Waals surface area contributed by atoms with Crippen LogP contribution in [0.3, 0.4) is 0 Å². The third-order valence-electron chi connectivity index (χ3n) is 2.60. The summed E-state index contributed by atoms with van der Waals surface area (Å²) >= 11 is 6.20. The highest BCUT2D eigenvalue weighted by atomic mass is 35.5. The van der Waals surface area contributed by atoms with E-state index in [1.54, 1.807) is 0 Å². The fourth-order valence-corrected chi connectivity index (χ4v) is 1.90. The molecule has 0 saturated heterocycles. The summed E-state index contributed by atoms with van der Waals surface area (Å²) < 4.78 is 0. The average Bonchev–Trinajstić information content (AvgIpc) is 2.40. The lowest BCUT2D eigenvalue weighted by atomic mass is 10.1. The van der Waals surface area contributed by atoms with Crippen molar-refractivity contribution in [2.24, 2.45) is 4.99 Å². The maximum Gasteiger partial charge on any atom is 0.131 e. The fourth-order valence-electron chi connectivity index (χ4n) is 1.63. The minimum Gasteiger partial charge on any atom is -0.265 e. The van der Waals surface area contributed by atoms with Crippen molar-refractivity contribution in [3.63, 3.8) is 0 Å². The minimum atomic E-state index is 0.0731. The molecule has 0 heterocycles. The summed E-state index contributed by atoms with van der Waals surface area (Å²) in [5.74, 6) is 0. The summed E-state index contributed by atoms with van der Waals surface area (Å²) in [6, 6.07) is 20.0.